The Hall–Kier alpha value is -2.89. The van der Waals surface area contributed by atoms with Crippen molar-refractivity contribution in [1.29, 1.82) is 0 Å². The Kier molecular flexibility index (Phi) is 7.22. The zero-order valence-corrected chi connectivity index (χ0v) is 16.6. The van der Waals surface area contributed by atoms with E-state index < -0.39 is 0 Å². The highest BCUT2D eigenvalue weighted by molar-refractivity contribution is 5.92. The number of ether oxygens (including phenoxy) is 1. The predicted molar refractivity (Wildman–Crippen MR) is 110 cm³/mol. The van der Waals surface area contributed by atoms with Crippen LogP contribution in [0.3, 0.4) is 0 Å². The number of benzene rings is 2. The number of nitrogens with one attached hydrogen (secondary N) is 2. The van der Waals surface area contributed by atoms with E-state index in [2.05, 4.69) is 10.6 Å². The number of anilines is 1. The summed E-state index contributed by atoms with van der Waals surface area (Å²) < 4.78 is 18.0. The summed E-state index contributed by atoms with van der Waals surface area (Å²) in [7, 11) is 1.60. The van der Waals surface area contributed by atoms with Gasteiger partial charge in [0.15, 0.2) is 0 Å². The summed E-state index contributed by atoms with van der Waals surface area (Å²) in [5.41, 5.74) is 1.74. The molecular formula is C23H27FN2O3. The first kappa shape index (κ1) is 20.8. The smallest absolute Gasteiger partial charge is 0.227 e. The normalized spacial score (nSPS) is 18.7. The van der Waals surface area contributed by atoms with Crippen LogP contribution in [0.25, 0.3) is 0 Å². The van der Waals surface area contributed by atoms with Gasteiger partial charge in [-0.3, -0.25) is 9.59 Å². The molecular weight excluding hydrogens is 371 g/mol. The van der Waals surface area contributed by atoms with Crippen molar-refractivity contribution in [2.24, 2.45) is 11.8 Å². The lowest BCUT2D eigenvalue weighted by Gasteiger charge is -2.27. The van der Waals surface area contributed by atoms with Crippen molar-refractivity contribution in [3.05, 3.63) is 59.9 Å². The van der Waals surface area contributed by atoms with Gasteiger partial charge in [0.1, 0.15) is 11.6 Å². The van der Waals surface area contributed by atoms with Gasteiger partial charge in [0.25, 0.3) is 0 Å². The van der Waals surface area contributed by atoms with Crippen LogP contribution < -0.4 is 15.4 Å². The van der Waals surface area contributed by atoms with Gasteiger partial charge in [-0.05, 0) is 74.1 Å². The predicted octanol–water partition coefficient (Wildman–Crippen LogP) is 3.94. The van der Waals surface area contributed by atoms with E-state index >= 15 is 0 Å². The molecule has 1 saturated carbocycles. The second-order valence-corrected chi connectivity index (χ2v) is 7.43. The van der Waals surface area contributed by atoms with Crippen LogP contribution >= 0.6 is 0 Å². The lowest BCUT2D eigenvalue weighted by Crippen LogP contribution is -2.36. The summed E-state index contributed by atoms with van der Waals surface area (Å²) in [5, 5.41) is 5.91. The number of hydrogen-bond acceptors (Lipinski definition) is 3. The highest BCUT2D eigenvalue weighted by Crippen LogP contribution is 2.30. The van der Waals surface area contributed by atoms with Crippen molar-refractivity contribution in [3.63, 3.8) is 0 Å². The van der Waals surface area contributed by atoms with Crippen LogP contribution in [0.1, 0.15) is 31.2 Å². The third-order valence-electron chi connectivity index (χ3n) is 5.45. The van der Waals surface area contributed by atoms with E-state index in [-0.39, 0.29) is 29.5 Å². The maximum absolute atomic E-state index is 12.9. The largest absolute Gasteiger partial charge is 0.497 e. The van der Waals surface area contributed by atoms with Crippen LogP contribution in [0.2, 0.25) is 0 Å². The zero-order chi connectivity index (χ0) is 20.6. The van der Waals surface area contributed by atoms with E-state index in [9.17, 15) is 14.0 Å². The van der Waals surface area contributed by atoms with Gasteiger partial charge in [-0.15, -0.1) is 0 Å². The summed E-state index contributed by atoms with van der Waals surface area (Å²) in [5.74, 6) is 0.416. The fraction of sp³-hybridized carbons (Fsp3) is 0.391. The molecule has 1 fully saturated rings. The lowest BCUT2D eigenvalue weighted by atomic mass is 9.81. The molecule has 5 nitrogen and oxygen atoms in total. The summed E-state index contributed by atoms with van der Waals surface area (Å²) in [6.07, 6.45) is 3.51. The number of carbonyl (C=O) groups excluding carboxylic acids is 2. The lowest BCUT2D eigenvalue weighted by molar-refractivity contribution is -0.128. The molecule has 2 amide bonds. The fourth-order valence-corrected chi connectivity index (χ4v) is 3.66. The summed E-state index contributed by atoms with van der Waals surface area (Å²) >= 11 is 0. The topological polar surface area (TPSA) is 67.4 Å². The number of methoxy groups -OCH3 is 1. The van der Waals surface area contributed by atoms with E-state index in [0.717, 1.165) is 17.0 Å². The van der Waals surface area contributed by atoms with E-state index in [1.165, 1.54) is 12.1 Å². The molecule has 1 aliphatic carbocycles. The number of hydrogen-bond donors (Lipinski definition) is 2. The van der Waals surface area contributed by atoms with Gasteiger partial charge in [0.05, 0.1) is 7.11 Å². The molecule has 2 aromatic carbocycles. The van der Waals surface area contributed by atoms with Crippen LogP contribution in [0.5, 0.6) is 5.75 Å². The molecule has 0 radical (unpaired) electrons. The van der Waals surface area contributed by atoms with Crippen molar-refractivity contribution in [2.75, 3.05) is 19.0 Å². The first-order valence-corrected chi connectivity index (χ1v) is 10.0. The Morgan fingerprint density at radius 2 is 1.52 bits per heavy atom. The van der Waals surface area contributed by atoms with Crippen LogP contribution in [-0.2, 0) is 16.0 Å². The Labute approximate surface area is 170 Å². The zero-order valence-electron chi connectivity index (χ0n) is 16.6. The minimum absolute atomic E-state index is 0.00494. The number of rotatable bonds is 7. The van der Waals surface area contributed by atoms with Crippen LogP contribution in [-0.4, -0.2) is 25.5 Å². The quantitative estimate of drug-likeness (QED) is 0.742. The third kappa shape index (κ3) is 6.04. The van der Waals surface area contributed by atoms with E-state index in [1.807, 2.05) is 24.3 Å². The summed E-state index contributed by atoms with van der Waals surface area (Å²) in [6.45, 7) is 0.530. The Morgan fingerprint density at radius 3 is 2.10 bits per heavy atom. The van der Waals surface area contributed by atoms with Gasteiger partial charge in [0, 0.05) is 24.1 Å². The second-order valence-electron chi connectivity index (χ2n) is 7.43. The molecule has 154 valence electrons. The molecule has 0 aliphatic heterocycles. The minimum Gasteiger partial charge on any atom is -0.497 e. The summed E-state index contributed by atoms with van der Waals surface area (Å²) in [6, 6.07) is 13.6. The van der Waals surface area contributed by atoms with Crippen molar-refractivity contribution >= 4 is 17.5 Å². The molecule has 0 atom stereocenters. The Balaban J connectivity index is 1.39. The van der Waals surface area contributed by atoms with Crippen LogP contribution in [0.15, 0.2) is 48.5 Å². The van der Waals surface area contributed by atoms with E-state index in [0.29, 0.717) is 38.6 Å². The van der Waals surface area contributed by atoms with Crippen LogP contribution in [0.4, 0.5) is 10.1 Å². The van der Waals surface area contributed by atoms with Gasteiger partial charge in [-0.2, -0.15) is 0 Å². The molecule has 0 heterocycles. The monoisotopic (exact) mass is 398 g/mol. The number of amides is 2. The Bertz CT molecular complexity index is 813. The SMILES string of the molecule is COc1ccc(NC(=O)C2CCC(C(=O)NCCc3ccc(F)cc3)CC2)cc1. The first-order chi connectivity index (χ1) is 14.0. The van der Waals surface area contributed by atoms with E-state index in [1.54, 1.807) is 19.2 Å². The molecule has 0 aromatic heterocycles. The van der Waals surface area contributed by atoms with Crippen molar-refractivity contribution < 1.29 is 18.7 Å². The van der Waals surface area contributed by atoms with E-state index in [4.69, 9.17) is 4.74 Å². The molecule has 0 saturated heterocycles. The molecule has 0 bridgehead atoms. The minimum atomic E-state index is -0.259. The second kappa shape index (κ2) is 10.0. The third-order valence-corrected chi connectivity index (χ3v) is 5.45. The van der Waals surface area contributed by atoms with Gasteiger partial charge < -0.3 is 15.4 Å². The molecule has 3 rings (SSSR count). The van der Waals surface area contributed by atoms with Crippen LogP contribution in [0, 0.1) is 17.7 Å². The average molecular weight is 398 g/mol. The molecule has 2 N–H and O–H groups in total. The first-order valence-electron chi connectivity index (χ1n) is 10.0. The van der Waals surface area contributed by atoms with Gasteiger partial charge in [-0.25, -0.2) is 4.39 Å². The van der Waals surface area contributed by atoms with Crippen molar-refractivity contribution in [3.8, 4) is 5.75 Å². The summed E-state index contributed by atoms with van der Waals surface area (Å²) in [4.78, 5) is 24.9. The molecule has 2 aromatic rings. The van der Waals surface area contributed by atoms with Crippen molar-refractivity contribution in [2.45, 2.75) is 32.1 Å². The fourth-order valence-electron chi connectivity index (χ4n) is 3.66. The maximum atomic E-state index is 12.9. The highest BCUT2D eigenvalue weighted by Gasteiger charge is 2.29. The molecule has 0 unspecified atom stereocenters. The standard InChI is InChI=1S/C23H27FN2O3/c1-29-21-12-10-20(11-13-21)26-23(28)18-6-4-17(5-7-18)22(27)25-15-14-16-2-8-19(24)9-3-16/h2-3,8-13,17-18H,4-7,14-15H2,1H3,(H,25,27)(H,26,28). The van der Waals surface area contributed by atoms with Gasteiger partial charge in [-0.1, -0.05) is 12.1 Å². The molecule has 1 aliphatic rings. The number of carbonyl (C=O) groups is 2. The average Bonchev–Trinajstić information content (AvgIpc) is 2.75. The number of halogens is 1. The molecule has 29 heavy (non-hydrogen) atoms. The van der Waals surface area contributed by atoms with Gasteiger partial charge in [0.2, 0.25) is 11.8 Å². The highest BCUT2D eigenvalue weighted by atomic mass is 19.1. The van der Waals surface area contributed by atoms with Gasteiger partial charge >= 0.3 is 0 Å². The molecule has 6 heteroatoms. The molecule has 0 spiro atoms. The van der Waals surface area contributed by atoms with Crippen molar-refractivity contribution in [1.82, 2.24) is 5.32 Å². The maximum Gasteiger partial charge on any atom is 0.227 e. The Morgan fingerprint density at radius 1 is 0.931 bits per heavy atom.